The fourth-order valence-corrected chi connectivity index (χ4v) is 3.60. The Kier molecular flexibility index (Phi) is 3.98. The number of sulfone groups is 1. The molecule has 0 aromatic rings. The van der Waals surface area contributed by atoms with Crippen LogP contribution in [0.4, 0.5) is 13.2 Å². The highest BCUT2D eigenvalue weighted by Crippen LogP contribution is 2.25. The van der Waals surface area contributed by atoms with E-state index in [-0.39, 0.29) is 23.8 Å². The van der Waals surface area contributed by atoms with Crippen molar-refractivity contribution in [3.05, 3.63) is 0 Å². The molecular weight excluding hydrogens is 245 g/mol. The van der Waals surface area contributed by atoms with Gasteiger partial charge in [0.25, 0.3) is 0 Å². The van der Waals surface area contributed by atoms with Gasteiger partial charge >= 0.3 is 6.18 Å². The summed E-state index contributed by atoms with van der Waals surface area (Å²) >= 11 is 0. The Bertz CT molecular complexity index is 359. The standard InChI is InChI=1S/C9H13F3O3S/c10-9(11,12)3-1-8(13)5-7-2-4-16(14,15)6-7/h7H,1-6H2. The Labute approximate surface area is 91.9 Å². The number of hydrogen-bond donors (Lipinski definition) is 0. The van der Waals surface area contributed by atoms with Crippen molar-refractivity contribution in [3.8, 4) is 0 Å². The van der Waals surface area contributed by atoms with E-state index in [0.717, 1.165) is 0 Å². The molecule has 1 unspecified atom stereocenters. The first-order chi connectivity index (χ1) is 7.18. The van der Waals surface area contributed by atoms with Gasteiger partial charge in [-0.3, -0.25) is 4.79 Å². The number of carbonyl (C=O) groups is 1. The minimum Gasteiger partial charge on any atom is -0.300 e. The number of rotatable bonds is 4. The smallest absolute Gasteiger partial charge is 0.300 e. The summed E-state index contributed by atoms with van der Waals surface area (Å²) in [7, 11) is -3.06. The van der Waals surface area contributed by atoms with Gasteiger partial charge in [0.1, 0.15) is 5.78 Å². The highest BCUT2D eigenvalue weighted by atomic mass is 32.2. The Morgan fingerprint density at radius 3 is 2.38 bits per heavy atom. The summed E-state index contributed by atoms with van der Waals surface area (Å²) < 4.78 is 57.5. The van der Waals surface area contributed by atoms with Crippen LogP contribution >= 0.6 is 0 Å². The Morgan fingerprint density at radius 2 is 1.94 bits per heavy atom. The topological polar surface area (TPSA) is 51.2 Å². The molecule has 0 N–H and O–H groups in total. The van der Waals surface area contributed by atoms with Crippen LogP contribution in [-0.2, 0) is 14.6 Å². The highest BCUT2D eigenvalue weighted by Gasteiger charge is 2.31. The second-order valence-corrected chi connectivity index (χ2v) is 6.36. The molecule has 1 atom stereocenters. The van der Waals surface area contributed by atoms with Gasteiger partial charge in [-0.15, -0.1) is 0 Å². The lowest BCUT2D eigenvalue weighted by Gasteiger charge is -2.08. The third kappa shape index (κ3) is 4.96. The first kappa shape index (κ1) is 13.5. The molecule has 0 aromatic heterocycles. The van der Waals surface area contributed by atoms with Crippen LogP contribution in [0.1, 0.15) is 25.7 Å². The minimum absolute atomic E-state index is 0.0459. The Hall–Kier alpha value is -0.590. The minimum atomic E-state index is -4.32. The van der Waals surface area contributed by atoms with Crippen molar-refractivity contribution in [1.82, 2.24) is 0 Å². The van der Waals surface area contributed by atoms with E-state index in [1.54, 1.807) is 0 Å². The second kappa shape index (κ2) is 4.73. The van der Waals surface area contributed by atoms with Gasteiger partial charge in [-0.25, -0.2) is 8.42 Å². The molecule has 1 saturated heterocycles. The summed E-state index contributed by atoms with van der Waals surface area (Å²) in [4.78, 5) is 11.2. The van der Waals surface area contributed by atoms with E-state index in [4.69, 9.17) is 0 Å². The van der Waals surface area contributed by atoms with Gasteiger partial charge in [0.15, 0.2) is 9.84 Å². The molecule has 0 spiro atoms. The lowest BCUT2D eigenvalue weighted by molar-refractivity contribution is -0.143. The van der Waals surface area contributed by atoms with Crippen molar-refractivity contribution in [2.75, 3.05) is 11.5 Å². The largest absolute Gasteiger partial charge is 0.389 e. The van der Waals surface area contributed by atoms with Crippen LogP contribution in [0.15, 0.2) is 0 Å². The van der Waals surface area contributed by atoms with Crippen LogP contribution in [0, 0.1) is 5.92 Å². The van der Waals surface area contributed by atoms with Gasteiger partial charge in [-0.05, 0) is 12.3 Å². The van der Waals surface area contributed by atoms with Crippen molar-refractivity contribution in [2.24, 2.45) is 5.92 Å². The summed E-state index contributed by atoms with van der Waals surface area (Å²) in [5.41, 5.74) is 0. The molecule has 16 heavy (non-hydrogen) atoms. The van der Waals surface area contributed by atoms with Gasteiger partial charge in [-0.1, -0.05) is 0 Å². The summed E-state index contributed by atoms with van der Waals surface area (Å²) in [6, 6.07) is 0. The van der Waals surface area contributed by atoms with Crippen molar-refractivity contribution in [1.29, 1.82) is 0 Å². The van der Waals surface area contributed by atoms with Crippen LogP contribution < -0.4 is 0 Å². The van der Waals surface area contributed by atoms with Gasteiger partial charge in [0.2, 0.25) is 0 Å². The van der Waals surface area contributed by atoms with E-state index in [1.807, 2.05) is 0 Å². The SMILES string of the molecule is O=C(CCC(F)(F)F)CC1CCS(=O)(=O)C1. The van der Waals surface area contributed by atoms with Crippen molar-refractivity contribution < 1.29 is 26.4 Å². The monoisotopic (exact) mass is 258 g/mol. The lowest BCUT2D eigenvalue weighted by Crippen LogP contribution is -2.14. The van der Waals surface area contributed by atoms with Gasteiger partial charge in [0.05, 0.1) is 17.9 Å². The van der Waals surface area contributed by atoms with Crippen molar-refractivity contribution in [2.45, 2.75) is 31.9 Å². The summed E-state index contributed by atoms with van der Waals surface area (Å²) in [6.07, 6.45) is -5.64. The Morgan fingerprint density at radius 1 is 1.31 bits per heavy atom. The predicted molar refractivity (Wildman–Crippen MR) is 51.7 cm³/mol. The number of alkyl halides is 3. The zero-order chi connectivity index (χ0) is 12.4. The zero-order valence-corrected chi connectivity index (χ0v) is 9.40. The van der Waals surface area contributed by atoms with Crippen molar-refractivity contribution in [3.63, 3.8) is 0 Å². The maximum atomic E-state index is 11.8. The maximum absolute atomic E-state index is 11.8. The molecule has 1 aliphatic heterocycles. The van der Waals surface area contributed by atoms with E-state index < -0.39 is 34.6 Å². The number of halogens is 3. The van der Waals surface area contributed by atoms with Crippen LogP contribution in [-0.4, -0.2) is 31.9 Å². The fraction of sp³-hybridized carbons (Fsp3) is 0.889. The quantitative estimate of drug-likeness (QED) is 0.771. The predicted octanol–water partition coefficient (Wildman–Crippen LogP) is 1.72. The summed E-state index contributed by atoms with van der Waals surface area (Å²) in [6.45, 7) is 0. The number of Topliss-reactive ketones (excluding diaryl/α,β-unsaturated/α-hetero) is 1. The fourth-order valence-electron chi connectivity index (χ4n) is 1.74. The average molecular weight is 258 g/mol. The molecule has 1 aliphatic rings. The van der Waals surface area contributed by atoms with E-state index in [9.17, 15) is 26.4 Å². The van der Waals surface area contributed by atoms with Gasteiger partial charge in [0, 0.05) is 12.8 Å². The van der Waals surface area contributed by atoms with Crippen LogP contribution in [0.25, 0.3) is 0 Å². The van der Waals surface area contributed by atoms with E-state index in [0.29, 0.717) is 6.42 Å². The molecule has 7 heteroatoms. The van der Waals surface area contributed by atoms with E-state index >= 15 is 0 Å². The van der Waals surface area contributed by atoms with E-state index in [2.05, 4.69) is 0 Å². The number of carbonyl (C=O) groups excluding carboxylic acids is 1. The van der Waals surface area contributed by atoms with Crippen LogP contribution in [0.2, 0.25) is 0 Å². The first-order valence-electron chi connectivity index (χ1n) is 4.97. The Balaban J connectivity index is 2.31. The van der Waals surface area contributed by atoms with Crippen LogP contribution in [0.3, 0.4) is 0 Å². The highest BCUT2D eigenvalue weighted by molar-refractivity contribution is 7.91. The number of ketones is 1. The maximum Gasteiger partial charge on any atom is 0.389 e. The molecule has 3 nitrogen and oxygen atoms in total. The second-order valence-electron chi connectivity index (χ2n) is 4.13. The van der Waals surface area contributed by atoms with Crippen molar-refractivity contribution >= 4 is 15.6 Å². The first-order valence-corrected chi connectivity index (χ1v) is 6.79. The lowest BCUT2D eigenvalue weighted by atomic mass is 10.00. The molecule has 0 aliphatic carbocycles. The van der Waals surface area contributed by atoms with Crippen LogP contribution in [0.5, 0.6) is 0 Å². The molecule has 0 radical (unpaired) electrons. The molecule has 1 heterocycles. The molecule has 0 bridgehead atoms. The molecule has 0 aromatic carbocycles. The normalized spacial score (nSPS) is 24.6. The van der Waals surface area contributed by atoms with Gasteiger partial charge in [-0.2, -0.15) is 13.2 Å². The summed E-state index contributed by atoms with van der Waals surface area (Å²) in [5.74, 6) is -0.806. The van der Waals surface area contributed by atoms with Gasteiger partial charge < -0.3 is 0 Å². The molecular formula is C9H13F3O3S. The molecule has 0 saturated carbocycles. The molecule has 1 fully saturated rings. The third-order valence-corrected chi connectivity index (χ3v) is 4.37. The van der Waals surface area contributed by atoms with E-state index in [1.165, 1.54) is 0 Å². The zero-order valence-electron chi connectivity index (χ0n) is 8.59. The average Bonchev–Trinajstić information content (AvgIpc) is 2.41. The molecule has 1 rings (SSSR count). The summed E-state index contributed by atoms with van der Waals surface area (Å²) in [5, 5.41) is 0. The third-order valence-electron chi connectivity index (χ3n) is 2.53. The molecule has 0 amide bonds. The molecule has 94 valence electrons. The number of hydrogen-bond acceptors (Lipinski definition) is 3.